The van der Waals surface area contributed by atoms with Crippen LogP contribution in [0.5, 0.6) is 0 Å². The van der Waals surface area contributed by atoms with Gasteiger partial charge < -0.3 is 10.3 Å². The van der Waals surface area contributed by atoms with Gasteiger partial charge >= 0.3 is 0 Å². The van der Waals surface area contributed by atoms with Crippen LogP contribution in [0.2, 0.25) is 0 Å². The molecule has 1 fully saturated rings. The molecule has 0 aliphatic heterocycles. The molecule has 0 saturated heterocycles. The molecule has 0 amide bonds. The molecule has 0 atom stereocenters. The van der Waals surface area contributed by atoms with Crippen LogP contribution in [-0.4, -0.2) is 46.6 Å². The maximum Gasteiger partial charge on any atom is 0.159 e. The molecule has 6 aromatic heterocycles. The summed E-state index contributed by atoms with van der Waals surface area (Å²) in [5, 5.41) is 11.0. The first-order chi connectivity index (χ1) is 19.2. The number of hydrogen-bond donors (Lipinski definition) is 3. The van der Waals surface area contributed by atoms with Crippen LogP contribution >= 0.6 is 0 Å². The van der Waals surface area contributed by atoms with Gasteiger partial charge in [-0.2, -0.15) is 5.10 Å². The van der Waals surface area contributed by atoms with E-state index < -0.39 is 5.82 Å². The SMILES string of the molecule is Fc1c(-c2cncc(CNCC3CCCC3)c2)cnc2[nH]nc(-c3nc4c(-c5ccccn5)nccc4[nH]3)c12. The third-order valence-electron chi connectivity index (χ3n) is 7.40. The third-order valence-corrected chi connectivity index (χ3v) is 7.40. The van der Waals surface area contributed by atoms with E-state index >= 15 is 4.39 Å². The Labute approximate surface area is 223 Å². The highest BCUT2D eigenvalue weighted by Gasteiger charge is 2.22. The maximum atomic E-state index is 16.1. The lowest BCUT2D eigenvalue weighted by Crippen LogP contribution is -2.20. The topological polar surface area (TPSA) is 121 Å². The molecule has 1 aliphatic carbocycles. The van der Waals surface area contributed by atoms with Crippen molar-refractivity contribution in [2.45, 2.75) is 32.2 Å². The van der Waals surface area contributed by atoms with Gasteiger partial charge in [0.2, 0.25) is 0 Å². The van der Waals surface area contributed by atoms with Gasteiger partial charge in [-0.1, -0.05) is 18.9 Å². The summed E-state index contributed by atoms with van der Waals surface area (Å²) < 4.78 is 16.1. The second-order valence-electron chi connectivity index (χ2n) is 10.0. The molecule has 0 unspecified atom stereocenters. The highest BCUT2D eigenvalue weighted by Crippen LogP contribution is 2.34. The van der Waals surface area contributed by atoms with Crippen LogP contribution < -0.4 is 5.32 Å². The van der Waals surface area contributed by atoms with Gasteiger partial charge in [-0.25, -0.2) is 14.4 Å². The number of nitrogens with zero attached hydrogens (tertiary/aromatic N) is 6. The van der Waals surface area contributed by atoms with E-state index in [2.05, 4.69) is 40.4 Å². The number of H-pyrrole nitrogens is 2. The number of aromatic amines is 2. The average Bonchev–Trinajstić information content (AvgIpc) is 3.73. The van der Waals surface area contributed by atoms with Crippen LogP contribution in [-0.2, 0) is 6.54 Å². The number of pyridine rings is 4. The van der Waals surface area contributed by atoms with Gasteiger partial charge in [0.15, 0.2) is 11.5 Å². The van der Waals surface area contributed by atoms with Crippen LogP contribution in [0.15, 0.2) is 61.3 Å². The summed E-state index contributed by atoms with van der Waals surface area (Å²) in [7, 11) is 0. The quantitative estimate of drug-likeness (QED) is 0.257. The molecule has 0 bridgehead atoms. The van der Waals surface area contributed by atoms with Crippen molar-refractivity contribution < 1.29 is 4.39 Å². The lowest BCUT2D eigenvalue weighted by atomic mass is 10.0. The van der Waals surface area contributed by atoms with Crippen LogP contribution in [0.25, 0.3) is 56.1 Å². The monoisotopic (exact) mass is 519 g/mol. The maximum absolute atomic E-state index is 16.1. The van der Waals surface area contributed by atoms with E-state index in [-0.39, 0.29) is 5.39 Å². The predicted molar refractivity (Wildman–Crippen MR) is 147 cm³/mol. The Kier molecular flexibility index (Phi) is 6.01. The van der Waals surface area contributed by atoms with Crippen molar-refractivity contribution in [3.05, 3.63) is 72.7 Å². The van der Waals surface area contributed by atoms with E-state index in [1.165, 1.54) is 31.9 Å². The van der Waals surface area contributed by atoms with Gasteiger partial charge in [-0.3, -0.25) is 20.1 Å². The first-order valence-corrected chi connectivity index (χ1v) is 13.2. The van der Waals surface area contributed by atoms with Gasteiger partial charge in [-0.05, 0) is 55.1 Å². The van der Waals surface area contributed by atoms with Crippen molar-refractivity contribution in [2.75, 3.05) is 6.54 Å². The van der Waals surface area contributed by atoms with Crippen molar-refractivity contribution >= 4 is 22.1 Å². The molecule has 0 spiro atoms. The third kappa shape index (κ3) is 4.42. The van der Waals surface area contributed by atoms with Crippen LogP contribution in [0.3, 0.4) is 0 Å². The Morgan fingerprint density at radius 3 is 2.77 bits per heavy atom. The molecular formula is C29H26FN9. The zero-order chi connectivity index (χ0) is 26.2. The van der Waals surface area contributed by atoms with Crippen LogP contribution in [0, 0.1) is 11.7 Å². The van der Waals surface area contributed by atoms with Crippen molar-refractivity contribution in [1.29, 1.82) is 0 Å². The fraction of sp³-hybridized carbons (Fsp3) is 0.241. The molecule has 6 heterocycles. The van der Waals surface area contributed by atoms with Crippen molar-refractivity contribution in [3.8, 4) is 34.0 Å². The van der Waals surface area contributed by atoms with Crippen LogP contribution in [0.4, 0.5) is 4.39 Å². The summed E-state index contributed by atoms with van der Waals surface area (Å²) in [4.78, 5) is 25.7. The van der Waals surface area contributed by atoms with Crippen molar-refractivity contribution in [2.24, 2.45) is 5.92 Å². The first-order valence-electron chi connectivity index (χ1n) is 13.2. The number of halogens is 1. The molecule has 194 valence electrons. The highest BCUT2D eigenvalue weighted by molar-refractivity contribution is 5.96. The number of hydrogen-bond acceptors (Lipinski definition) is 7. The van der Waals surface area contributed by atoms with Gasteiger partial charge in [0.1, 0.15) is 22.7 Å². The first kappa shape index (κ1) is 23.5. The number of fused-ring (bicyclic) bond motifs is 2. The Morgan fingerprint density at radius 1 is 0.974 bits per heavy atom. The van der Waals surface area contributed by atoms with Crippen molar-refractivity contribution in [3.63, 3.8) is 0 Å². The minimum absolute atomic E-state index is 0.267. The Hall–Kier alpha value is -4.57. The van der Waals surface area contributed by atoms with E-state index in [0.29, 0.717) is 51.7 Å². The zero-order valence-corrected chi connectivity index (χ0v) is 21.2. The molecule has 9 nitrogen and oxygen atoms in total. The summed E-state index contributed by atoms with van der Waals surface area (Å²) in [6.45, 7) is 1.69. The Morgan fingerprint density at radius 2 is 1.90 bits per heavy atom. The molecule has 1 saturated carbocycles. The predicted octanol–water partition coefficient (Wildman–Crippen LogP) is 5.44. The number of aromatic nitrogens is 8. The lowest BCUT2D eigenvalue weighted by Gasteiger charge is -2.11. The number of rotatable bonds is 7. The van der Waals surface area contributed by atoms with Crippen LogP contribution in [0.1, 0.15) is 31.2 Å². The second-order valence-corrected chi connectivity index (χ2v) is 10.0. The van der Waals surface area contributed by atoms with E-state index in [1.807, 2.05) is 36.5 Å². The normalized spacial score (nSPS) is 14.1. The molecule has 3 N–H and O–H groups in total. The molecule has 0 aromatic carbocycles. The molecule has 1 aliphatic rings. The van der Waals surface area contributed by atoms with E-state index in [0.717, 1.165) is 23.5 Å². The van der Waals surface area contributed by atoms with E-state index in [1.54, 1.807) is 18.6 Å². The average molecular weight is 520 g/mol. The molecular weight excluding hydrogens is 493 g/mol. The minimum Gasteiger partial charge on any atom is -0.336 e. The van der Waals surface area contributed by atoms with Gasteiger partial charge in [-0.15, -0.1) is 0 Å². The van der Waals surface area contributed by atoms with Gasteiger partial charge in [0, 0.05) is 48.7 Å². The molecule has 0 radical (unpaired) electrons. The Bertz CT molecular complexity index is 1770. The van der Waals surface area contributed by atoms with Gasteiger partial charge in [0.25, 0.3) is 0 Å². The number of imidazole rings is 1. The fourth-order valence-corrected chi connectivity index (χ4v) is 5.43. The molecule has 6 aromatic rings. The smallest absolute Gasteiger partial charge is 0.159 e. The van der Waals surface area contributed by atoms with E-state index in [4.69, 9.17) is 4.98 Å². The molecule has 10 heteroatoms. The summed E-state index contributed by atoms with van der Waals surface area (Å²) in [6.07, 6.45) is 13.6. The lowest BCUT2D eigenvalue weighted by molar-refractivity contribution is 0.489. The summed E-state index contributed by atoms with van der Waals surface area (Å²) in [5.74, 6) is 0.742. The number of nitrogens with one attached hydrogen (secondary N) is 3. The fourth-order valence-electron chi connectivity index (χ4n) is 5.43. The summed E-state index contributed by atoms with van der Waals surface area (Å²) >= 11 is 0. The van der Waals surface area contributed by atoms with Gasteiger partial charge in [0.05, 0.1) is 16.6 Å². The van der Waals surface area contributed by atoms with Crippen molar-refractivity contribution in [1.82, 2.24) is 45.4 Å². The summed E-state index contributed by atoms with van der Waals surface area (Å²) in [5.41, 5.74) is 5.45. The Balaban J connectivity index is 1.24. The highest BCUT2D eigenvalue weighted by atomic mass is 19.1. The minimum atomic E-state index is -0.426. The zero-order valence-electron chi connectivity index (χ0n) is 21.2. The molecule has 7 rings (SSSR count). The summed E-state index contributed by atoms with van der Waals surface area (Å²) in [6, 6.07) is 9.41. The van der Waals surface area contributed by atoms with E-state index in [9.17, 15) is 0 Å². The molecule has 39 heavy (non-hydrogen) atoms. The standard InChI is InChI=1S/C29H26FN9/c30-24-20(19-11-18(14-32-15-19)13-31-12-17-5-1-2-6-17)16-35-28-23(24)27(38-39-28)29-36-22-8-10-34-25(26(22)37-29)21-7-3-4-9-33-21/h3-4,7-11,14-17,31H,1-2,5-6,12-13H2,(H,36,37)(H,35,38,39). The second kappa shape index (κ2) is 9.95. The largest absolute Gasteiger partial charge is 0.336 e.